The van der Waals surface area contributed by atoms with E-state index in [-0.39, 0.29) is 5.56 Å². The van der Waals surface area contributed by atoms with Gasteiger partial charge in [-0.05, 0) is 16.8 Å². The molecule has 82 valence electrons. The fraction of sp³-hybridized carbons (Fsp3) is 0. The van der Waals surface area contributed by atoms with Crippen LogP contribution in [0.5, 0.6) is 0 Å². The Labute approximate surface area is 92.4 Å². The Bertz CT molecular complexity index is 540. The molecular weight excluding hydrogens is 227 g/mol. The van der Waals surface area contributed by atoms with E-state index in [2.05, 4.69) is 0 Å². The molecule has 2 aromatic carbocycles. The molecule has 0 aromatic heterocycles. The quantitative estimate of drug-likeness (QED) is 0.695. The van der Waals surface area contributed by atoms with Crippen molar-refractivity contribution < 1.29 is 19.5 Å². The molecule has 4 nitrogen and oxygen atoms in total. The molecule has 0 fully saturated rings. The molecule has 16 heavy (non-hydrogen) atoms. The summed E-state index contributed by atoms with van der Waals surface area (Å²) >= 11 is 0. The zero-order valence-corrected chi connectivity index (χ0v) is 9.13. The van der Waals surface area contributed by atoms with E-state index in [0.717, 1.165) is 5.39 Å². The van der Waals surface area contributed by atoms with Gasteiger partial charge >= 0.3 is 13.5 Å². The van der Waals surface area contributed by atoms with Crippen LogP contribution in [0.2, 0.25) is 0 Å². The largest absolute Gasteiger partial charge is 0.483 e. The molecule has 0 radical (unpaired) electrons. The summed E-state index contributed by atoms with van der Waals surface area (Å²) in [7, 11) is -4.47. The molecule has 0 saturated heterocycles. The number of carbonyl (C=O) groups is 1. The molecule has 5 heteroatoms. The molecule has 0 spiro atoms. The molecular formula is C11H10O4P+. The Hall–Kier alpha value is -1.32. The van der Waals surface area contributed by atoms with Gasteiger partial charge in [-0.1, -0.05) is 36.4 Å². The van der Waals surface area contributed by atoms with Crippen LogP contribution in [0.4, 0.5) is 0 Å². The molecule has 0 bridgehead atoms. The van der Waals surface area contributed by atoms with Gasteiger partial charge in [0.25, 0.3) is 0 Å². The van der Waals surface area contributed by atoms with E-state index in [4.69, 9.17) is 14.7 Å². The van der Waals surface area contributed by atoms with Crippen LogP contribution in [0, 0.1) is 0 Å². The molecule has 0 saturated carbocycles. The molecule has 3 N–H and O–H groups in total. The van der Waals surface area contributed by atoms with Gasteiger partial charge in [-0.3, -0.25) is 0 Å². The van der Waals surface area contributed by atoms with Crippen LogP contribution in [0.25, 0.3) is 10.8 Å². The van der Waals surface area contributed by atoms with E-state index in [1.54, 1.807) is 30.3 Å². The standard InChI is InChI=1S/C11H10O4P/c12-11(16(13,14)15)10-7-3-5-8-4-1-2-6-9(8)10/h1-7,13-15H/q+1. The van der Waals surface area contributed by atoms with E-state index in [9.17, 15) is 4.79 Å². The Kier molecular flexibility index (Phi) is 2.74. The van der Waals surface area contributed by atoms with Gasteiger partial charge in [0.2, 0.25) is 0 Å². The normalized spacial score (nSPS) is 11.7. The average molecular weight is 237 g/mol. The average Bonchev–Trinajstić information content (AvgIpc) is 2.26. The smallest absolute Gasteiger partial charge is 0.238 e. The van der Waals surface area contributed by atoms with Crippen molar-refractivity contribution in [3.05, 3.63) is 48.0 Å². The number of fused-ring (bicyclic) bond motifs is 1. The Morgan fingerprint density at radius 1 is 0.938 bits per heavy atom. The maximum atomic E-state index is 11.6. The lowest BCUT2D eigenvalue weighted by atomic mass is 10.1. The zero-order valence-electron chi connectivity index (χ0n) is 8.24. The van der Waals surface area contributed by atoms with Crippen molar-refractivity contribution in [2.75, 3.05) is 0 Å². The zero-order chi connectivity index (χ0) is 11.8. The maximum absolute atomic E-state index is 11.6. The van der Waals surface area contributed by atoms with Crippen molar-refractivity contribution in [1.29, 1.82) is 0 Å². The third-order valence-corrected chi connectivity index (χ3v) is 3.08. The van der Waals surface area contributed by atoms with Crippen LogP contribution in [0.15, 0.2) is 42.5 Å². The van der Waals surface area contributed by atoms with Gasteiger partial charge in [0.1, 0.15) is 0 Å². The Morgan fingerprint density at radius 3 is 2.25 bits per heavy atom. The van der Waals surface area contributed by atoms with Crippen molar-refractivity contribution in [3.63, 3.8) is 0 Å². The minimum atomic E-state index is -4.47. The van der Waals surface area contributed by atoms with Crippen LogP contribution in [0.3, 0.4) is 0 Å². The second-order valence-electron chi connectivity index (χ2n) is 3.40. The molecule has 2 aromatic rings. The van der Waals surface area contributed by atoms with Gasteiger partial charge in [0, 0.05) is 0 Å². The van der Waals surface area contributed by atoms with Gasteiger partial charge in [0.15, 0.2) is 0 Å². The van der Waals surface area contributed by atoms with Crippen LogP contribution in [0.1, 0.15) is 10.4 Å². The summed E-state index contributed by atoms with van der Waals surface area (Å²) < 4.78 is 0. The summed E-state index contributed by atoms with van der Waals surface area (Å²) in [6.45, 7) is 0. The minimum absolute atomic E-state index is 0.124. The predicted octanol–water partition coefficient (Wildman–Crippen LogP) is 1.72. The van der Waals surface area contributed by atoms with Crippen molar-refractivity contribution in [3.8, 4) is 0 Å². The number of carbonyl (C=O) groups excluding carboxylic acids is 1. The van der Waals surface area contributed by atoms with E-state index in [0.29, 0.717) is 5.39 Å². The third-order valence-electron chi connectivity index (χ3n) is 2.29. The van der Waals surface area contributed by atoms with Crippen molar-refractivity contribution in [1.82, 2.24) is 0 Å². The summed E-state index contributed by atoms with van der Waals surface area (Å²) in [5.74, 6) is 0. The van der Waals surface area contributed by atoms with Gasteiger partial charge < -0.3 is 0 Å². The number of hydrogen-bond donors (Lipinski definition) is 3. The fourth-order valence-corrected chi connectivity index (χ4v) is 2.09. The van der Waals surface area contributed by atoms with Crippen LogP contribution < -0.4 is 0 Å². The van der Waals surface area contributed by atoms with Crippen LogP contribution in [-0.4, -0.2) is 20.2 Å². The lowest BCUT2D eigenvalue weighted by Gasteiger charge is -2.05. The second-order valence-corrected chi connectivity index (χ2v) is 4.94. The van der Waals surface area contributed by atoms with Gasteiger partial charge in [0.05, 0.1) is 5.56 Å². The Morgan fingerprint density at radius 2 is 1.56 bits per heavy atom. The Balaban J connectivity index is 2.66. The first kappa shape index (κ1) is 11.2. The summed E-state index contributed by atoms with van der Waals surface area (Å²) in [4.78, 5) is 38.5. The summed E-state index contributed by atoms with van der Waals surface area (Å²) in [5, 5.41) is 1.40. The first-order valence-corrected chi connectivity index (χ1v) is 6.25. The predicted molar refractivity (Wildman–Crippen MR) is 61.9 cm³/mol. The van der Waals surface area contributed by atoms with Crippen molar-refractivity contribution >= 4 is 24.2 Å². The third kappa shape index (κ3) is 1.96. The first-order valence-electron chi connectivity index (χ1n) is 4.60. The fourth-order valence-electron chi connectivity index (χ4n) is 1.57. The molecule has 0 heterocycles. The van der Waals surface area contributed by atoms with Gasteiger partial charge in [-0.15, -0.1) is 0 Å². The van der Waals surface area contributed by atoms with E-state index >= 15 is 0 Å². The SMILES string of the molecule is O=C(c1cccc2ccccc12)[P+](O)(O)O. The van der Waals surface area contributed by atoms with Gasteiger partial charge in [-0.25, -0.2) is 4.79 Å². The monoisotopic (exact) mass is 237 g/mol. The van der Waals surface area contributed by atoms with E-state index in [1.165, 1.54) is 6.07 Å². The lowest BCUT2D eigenvalue weighted by molar-refractivity contribution is 0.102. The molecule has 0 aliphatic heterocycles. The van der Waals surface area contributed by atoms with Crippen molar-refractivity contribution in [2.45, 2.75) is 0 Å². The molecule has 2 rings (SSSR count). The van der Waals surface area contributed by atoms with Crippen LogP contribution >= 0.6 is 7.94 Å². The molecule has 0 atom stereocenters. The van der Waals surface area contributed by atoms with Crippen molar-refractivity contribution in [2.24, 2.45) is 0 Å². The molecule has 0 aliphatic rings. The summed E-state index contributed by atoms with van der Waals surface area (Å²) in [5.41, 5.74) is -0.900. The number of benzene rings is 2. The maximum Gasteiger partial charge on any atom is 0.483 e. The molecule has 0 unspecified atom stereocenters. The lowest BCUT2D eigenvalue weighted by Crippen LogP contribution is -2.05. The highest BCUT2D eigenvalue weighted by Gasteiger charge is 2.44. The van der Waals surface area contributed by atoms with E-state index in [1.807, 2.05) is 6.07 Å². The topological polar surface area (TPSA) is 77.8 Å². The molecule has 0 amide bonds. The van der Waals surface area contributed by atoms with Crippen LogP contribution in [-0.2, 0) is 0 Å². The minimum Gasteiger partial charge on any atom is -0.238 e. The number of rotatable bonds is 2. The first-order chi connectivity index (χ1) is 7.50. The highest BCUT2D eigenvalue weighted by Crippen LogP contribution is 2.48. The van der Waals surface area contributed by atoms with Gasteiger partial charge in [-0.2, -0.15) is 14.7 Å². The number of hydrogen-bond acceptors (Lipinski definition) is 4. The second kappa shape index (κ2) is 3.92. The summed E-state index contributed by atoms with van der Waals surface area (Å²) in [6.07, 6.45) is 0. The summed E-state index contributed by atoms with van der Waals surface area (Å²) in [6, 6.07) is 11.9. The highest BCUT2D eigenvalue weighted by molar-refractivity contribution is 7.76. The highest BCUT2D eigenvalue weighted by atomic mass is 31.2. The van der Waals surface area contributed by atoms with E-state index < -0.39 is 13.5 Å². The molecule has 0 aliphatic carbocycles.